The van der Waals surface area contributed by atoms with Crippen molar-refractivity contribution in [3.63, 3.8) is 0 Å². The van der Waals surface area contributed by atoms with Crippen molar-refractivity contribution in [2.75, 3.05) is 16.8 Å². The van der Waals surface area contributed by atoms with Crippen LogP contribution in [0.15, 0.2) is 55.5 Å². The van der Waals surface area contributed by atoms with Gasteiger partial charge in [-0.3, -0.25) is 14.8 Å². The van der Waals surface area contributed by atoms with Gasteiger partial charge in [-0.15, -0.1) is 6.58 Å². The van der Waals surface area contributed by atoms with E-state index in [1.807, 2.05) is 12.1 Å². The molecular weight excluding hydrogens is 429 g/mol. The number of hydrogen-bond donors (Lipinski definition) is 2. The molecule has 1 aliphatic carbocycles. The number of nitrogens with zero attached hydrogens (tertiary/aromatic N) is 3. The van der Waals surface area contributed by atoms with E-state index >= 15 is 0 Å². The van der Waals surface area contributed by atoms with Crippen LogP contribution in [0.5, 0.6) is 0 Å². The molecule has 0 radical (unpaired) electrons. The highest BCUT2D eigenvalue weighted by atomic mass is 19.1. The molecule has 0 bridgehead atoms. The molecule has 1 saturated carbocycles. The number of hydrogen-bond acceptors (Lipinski definition) is 5. The fourth-order valence-corrected chi connectivity index (χ4v) is 5.45. The molecule has 3 aromatic rings. The van der Waals surface area contributed by atoms with Crippen LogP contribution in [0.1, 0.15) is 54.4 Å². The summed E-state index contributed by atoms with van der Waals surface area (Å²) < 4.78 is 14.7. The maximum atomic E-state index is 14.7. The van der Waals surface area contributed by atoms with Crippen molar-refractivity contribution in [3.8, 4) is 0 Å². The van der Waals surface area contributed by atoms with E-state index in [2.05, 4.69) is 33.7 Å². The van der Waals surface area contributed by atoms with E-state index in [1.165, 1.54) is 12.1 Å². The first kappa shape index (κ1) is 22.5. The van der Waals surface area contributed by atoms with Crippen molar-refractivity contribution in [1.29, 1.82) is 0 Å². The summed E-state index contributed by atoms with van der Waals surface area (Å²) >= 11 is 0. The Labute approximate surface area is 199 Å². The van der Waals surface area contributed by atoms with Crippen molar-refractivity contribution in [2.45, 2.75) is 50.6 Å². The zero-order chi connectivity index (χ0) is 23.8. The van der Waals surface area contributed by atoms with Crippen molar-refractivity contribution in [3.05, 3.63) is 72.5 Å². The Balaban J connectivity index is 1.45. The Bertz CT molecular complexity index is 1230. The van der Waals surface area contributed by atoms with Gasteiger partial charge in [0.15, 0.2) is 0 Å². The van der Waals surface area contributed by atoms with Gasteiger partial charge in [0.25, 0.3) is 5.91 Å². The molecule has 4 atom stereocenters. The minimum absolute atomic E-state index is 0.150. The van der Waals surface area contributed by atoms with E-state index < -0.39 is 5.82 Å². The normalized spacial score (nSPS) is 24.5. The fourth-order valence-electron chi connectivity index (χ4n) is 5.45. The highest BCUT2D eigenvalue weighted by Crippen LogP contribution is 2.38. The van der Waals surface area contributed by atoms with Crippen molar-refractivity contribution in [2.24, 2.45) is 11.7 Å². The van der Waals surface area contributed by atoms with Crippen LogP contribution in [-0.2, 0) is 0 Å². The number of fused-ring (bicyclic) bond motifs is 1. The smallest absolute Gasteiger partial charge is 0.257 e. The lowest BCUT2D eigenvalue weighted by molar-refractivity contribution is 0.102. The molecule has 1 aliphatic heterocycles. The average molecular weight is 460 g/mol. The summed E-state index contributed by atoms with van der Waals surface area (Å²) in [6, 6.07) is 6.93. The molecule has 1 amide bonds. The zero-order valence-corrected chi connectivity index (χ0v) is 19.4. The number of anilines is 2. The minimum Gasteiger partial charge on any atom is -0.364 e. The molecule has 34 heavy (non-hydrogen) atoms. The second kappa shape index (κ2) is 9.14. The quantitative estimate of drug-likeness (QED) is 0.524. The van der Waals surface area contributed by atoms with Crippen LogP contribution in [0.2, 0.25) is 0 Å². The molecule has 0 spiro atoms. The number of benzene rings is 1. The number of amides is 1. The van der Waals surface area contributed by atoms with Crippen LogP contribution in [-0.4, -0.2) is 34.5 Å². The third kappa shape index (κ3) is 4.16. The van der Waals surface area contributed by atoms with Crippen molar-refractivity contribution in [1.82, 2.24) is 9.97 Å². The number of nitrogens with one attached hydrogen (secondary N) is 1. The minimum atomic E-state index is -0.399. The highest BCUT2D eigenvalue weighted by Gasteiger charge is 2.28. The van der Waals surface area contributed by atoms with Gasteiger partial charge in [0.2, 0.25) is 0 Å². The number of rotatable bonds is 5. The summed E-state index contributed by atoms with van der Waals surface area (Å²) in [7, 11) is 0. The molecule has 5 rings (SSSR count). The third-order valence-electron chi connectivity index (χ3n) is 7.22. The molecular formula is C27H30FN5O. The SMILES string of the molecule is C=C[C@H]1CCN1c1cnc2c(C(=O)Nc3cnccc3[C@H]3CC(N)C[C@@H](C)C3)ccc(F)c2c1. The zero-order valence-electron chi connectivity index (χ0n) is 19.4. The van der Waals surface area contributed by atoms with Gasteiger partial charge in [0.05, 0.1) is 34.8 Å². The van der Waals surface area contributed by atoms with E-state index in [0.717, 1.165) is 43.5 Å². The number of carbonyl (C=O) groups is 1. The van der Waals surface area contributed by atoms with Crippen molar-refractivity contribution < 1.29 is 9.18 Å². The molecule has 6 nitrogen and oxygen atoms in total. The Kier molecular flexibility index (Phi) is 6.04. The van der Waals surface area contributed by atoms with Gasteiger partial charge in [-0.05, 0) is 67.3 Å². The average Bonchev–Trinajstić information content (AvgIpc) is 2.79. The Hall–Kier alpha value is -3.32. The molecule has 1 unspecified atom stereocenters. The standard InChI is InChI=1S/C27H30FN5O/c1-3-19-7-9-33(19)20-13-23-24(28)5-4-22(26(23)31-14-20)27(34)32-25-15-30-8-6-21(25)17-10-16(2)11-18(29)12-17/h3-6,8,13-19H,1,7,9-12,29H2,2H3,(H,32,34)/t16-,17+,18?,19-/m0/s1. The summed E-state index contributed by atoms with van der Waals surface area (Å²) in [5.74, 6) is 0.0541. The summed E-state index contributed by atoms with van der Waals surface area (Å²) in [6.45, 7) is 6.95. The lowest BCUT2D eigenvalue weighted by atomic mass is 9.76. The topological polar surface area (TPSA) is 84.1 Å². The molecule has 3 heterocycles. The summed E-state index contributed by atoms with van der Waals surface area (Å²) in [6.07, 6.45) is 10.9. The maximum Gasteiger partial charge on any atom is 0.257 e. The van der Waals surface area contributed by atoms with Crippen LogP contribution in [0.25, 0.3) is 10.9 Å². The number of aromatic nitrogens is 2. The first-order chi connectivity index (χ1) is 16.4. The molecule has 2 aliphatic rings. The van der Waals surface area contributed by atoms with Crippen LogP contribution in [0.4, 0.5) is 15.8 Å². The summed E-state index contributed by atoms with van der Waals surface area (Å²) in [5.41, 5.74) is 9.49. The van der Waals surface area contributed by atoms with E-state index in [0.29, 0.717) is 28.1 Å². The molecule has 176 valence electrons. The van der Waals surface area contributed by atoms with E-state index in [-0.39, 0.29) is 23.9 Å². The fraction of sp³-hybridized carbons (Fsp3) is 0.370. The number of halogens is 1. The number of nitrogens with two attached hydrogens (primary N) is 1. The predicted molar refractivity (Wildman–Crippen MR) is 134 cm³/mol. The first-order valence-electron chi connectivity index (χ1n) is 11.9. The van der Waals surface area contributed by atoms with Gasteiger partial charge in [-0.2, -0.15) is 0 Å². The van der Waals surface area contributed by atoms with Crippen LogP contribution in [0, 0.1) is 11.7 Å². The van der Waals surface area contributed by atoms with Crippen LogP contribution < -0.4 is 16.0 Å². The van der Waals surface area contributed by atoms with Gasteiger partial charge >= 0.3 is 0 Å². The van der Waals surface area contributed by atoms with E-state index in [4.69, 9.17) is 5.73 Å². The number of pyridine rings is 2. The number of carbonyl (C=O) groups excluding carboxylic acids is 1. The molecule has 2 aromatic heterocycles. The van der Waals surface area contributed by atoms with Crippen LogP contribution >= 0.6 is 0 Å². The highest BCUT2D eigenvalue weighted by molar-refractivity contribution is 6.12. The molecule has 7 heteroatoms. The molecule has 2 fully saturated rings. The van der Waals surface area contributed by atoms with E-state index in [9.17, 15) is 9.18 Å². The van der Waals surface area contributed by atoms with Crippen LogP contribution in [0.3, 0.4) is 0 Å². The maximum absolute atomic E-state index is 14.7. The monoisotopic (exact) mass is 459 g/mol. The van der Waals surface area contributed by atoms with Gasteiger partial charge in [0, 0.05) is 30.2 Å². The van der Waals surface area contributed by atoms with Gasteiger partial charge in [-0.1, -0.05) is 13.0 Å². The van der Waals surface area contributed by atoms with Gasteiger partial charge in [0.1, 0.15) is 5.82 Å². The molecule has 3 N–H and O–H groups in total. The third-order valence-corrected chi connectivity index (χ3v) is 7.22. The Morgan fingerprint density at radius 2 is 2.12 bits per heavy atom. The predicted octanol–water partition coefficient (Wildman–Crippen LogP) is 5.02. The lowest BCUT2D eigenvalue weighted by Crippen LogP contribution is -2.46. The first-order valence-corrected chi connectivity index (χ1v) is 11.9. The molecule has 1 saturated heterocycles. The van der Waals surface area contributed by atoms with Crippen molar-refractivity contribution >= 4 is 28.2 Å². The van der Waals surface area contributed by atoms with E-state index in [1.54, 1.807) is 24.7 Å². The Morgan fingerprint density at radius 1 is 1.26 bits per heavy atom. The second-order valence-electron chi connectivity index (χ2n) is 9.66. The van der Waals surface area contributed by atoms with Gasteiger partial charge < -0.3 is 16.0 Å². The summed E-state index contributed by atoms with van der Waals surface area (Å²) in [4.78, 5) is 24.2. The Morgan fingerprint density at radius 3 is 2.85 bits per heavy atom. The summed E-state index contributed by atoms with van der Waals surface area (Å²) in [5, 5.41) is 3.34. The lowest BCUT2D eigenvalue weighted by Gasteiger charge is -2.41. The van der Waals surface area contributed by atoms with Gasteiger partial charge in [-0.25, -0.2) is 4.39 Å². The second-order valence-corrected chi connectivity index (χ2v) is 9.66. The largest absolute Gasteiger partial charge is 0.364 e. The molecule has 1 aromatic carbocycles.